The van der Waals surface area contributed by atoms with Gasteiger partial charge < -0.3 is 19.9 Å². The Labute approximate surface area is 140 Å². The molecule has 1 amide bonds. The molecule has 0 saturated heterocycles. The number of hydrogen-bond donors (Lipinski definition) is 2. The van der Waals surface area contributed by atoms with E-state index in [4.69, 9.17) is 9.47 Å². The maximum atomic E-state index is 11.5. The first-order chi connectivity index (χ1) is 11.4. The number of carboxylic acid groups (broad SMARTS) is 1. The Kier molecular flexibility index (Phi) is 5.42. The molecule has 126 valence electrons. The Hall–Kier alpha value is -3.02. The quantitative estimate of drug-likeness (QED) is 0.849. The minimum Gasteiger partial charge on any atom is -0.491 e. The van der Waals surface area contributed by atoms with E-state index >= 15 is 0 Å². The topological polar surface area (TPSA) is 84.9 Å². The number of amides is 1. The molecule has 2 aromatic carbocycles. The van der Waals surface area contributed by atoms with Crippen LogP contribution in [0.2, 0.25) is 0 Å². The minimum absolute atomic E-state index is 0.0742. The van der Waals surface area contributed by atoms with Crippen molar-refractivity contribution in [3.63, 3.8) is 0 Å². The van der Waals surface area contributed by atoms with Crippen molar-refractivity contribution >= 4 is 11.9 Å². The highest BCUT2D eigenvalue weighted by Gasteiger charge is 2.11. The standard InChI is InChI=1S/C18H19NO5/c1-11(2)23-15-8-13(18(21)22)9-16(10-15)24-14-6-4-12(5-7-14)17(20)19-3/h4-11H,1-3H3,(H,19,20)(H,21,22). The summed E-state index contributed by atoms with van der Waals surface area (Å²) in [5, 5.41) is 11.7. The van der Waals surface area contributed by atoms with Gasteiger partial charge in [0.05, 0.1) is 11.7 Å². The van der Waals surface area contributed by atoms with Crippen LogP contribution in [-0.4, -0.2) is 30.1 Å². The van der Waals surface area contributed by atoms with E-state index in [1.807, 2.05) is 13.8 Å². The van der Waals surface area contributed by atoms with Crippen molar-refractivity contribution in [3.8, 4) is 17.2 Å². The molecule has 0 aliphatic rings. The highest BCUT2D eigenvalue weighted by atomic mass is 16.5. The molecule has 24 heavy (non-hydrogen) atoms. The van der Waals surface area contributed by atoms with Crippen LogP contribution in [0, 0.1) is 0 Å². The van der Waals surface area contributed by atoms with E-state index in [1.165, 1.54) is 12.1 Å². The summed E-state index contributed by atoms with van der Waals surface area (Å²) in [5.74, 6) is -0.00752. The summed E-state index contributed by atoms with van der Waals surface area (Å²) < 4.78 is 11.2. The molecule has 0 saturated carbocycles. The van der Waals surface area contributed by atoms with Crippen LogP contribution >= 0.6 is 0 Å². The van der Waals surface area contributed by atoms with Crippen molar-refractivity contribution in [2.75, 3.05) is 7.05 Å². The van der Waals surface area contributed by atoms with E-state index in [2.05, 4.69) is 5.32 Å². The lowest BCUT2D eigenvalue weighted by Crippen LogP contribution is -2.17. The summed E-state index contributed by atoms with van der Waals surface area (Å²) in [6.45, 7) is 3.71. The van der Waals surface area contributed by atoms with Crippen molar-refractivity contribution < 1.29 is 24.2 Å². The van der Waals surface area contributed by atoms with Crippen LogP contribution in [0.1, 0.15) is 34.6 Å². The van der Waals surface area contributed by atoms with E-state index in [1.54, 1.807) is 37.4 Å². The first kappa shape index (κ1) is 17.3. The monoisotopic (exact) mass is 329 g/mol. The van der Waals surface area contributed by atoms with Crippen LogP contribution in [0.15, 0.2) is 42.5 Å². The molecule has 0 aliphatic carbocycles. The van der Waals surface area contributed by atoms with Crippen molar-refractivity contribution in [2.24, 2.45) is 0 Å². The summed E-state index contributed by atoms with van der Waals surface area (Å²) in [4.78, 5) is 22.8. The van der Waals surface area contributed by atoms with Gasteiger partial charge in [-0.15, -0.1) is 0 Å². The lowest BCUT2D eigenvalue weighted by atomic mass is 10.2. The average Bonchev–Trinajstić information content (AvgIpc) is 2.54. The third-order valence-electron chi connectivity index (χ3n) is 3.08. The number of aromatic carboxylic acids is 1. The van der Waals surface area contributed by atoms with Crippen LogP contribution in [0.25, 0.3) is 0 Å². The summed E-state index contributed by atoms with van der Waals surface area (Å²) >= 11 is 0. The average molecular weight is 329 g/mol. The van der Waals surface area contributed by atoms with Gasteiger partial charge in [-0.25, -0.2) is 4.79 Å². The Morgan fingerprint density at radius 3 is 2.12 bits per heavy atom. The highest BCUT2D eigenvalue weighted by Crippen LogP contribution is 2.28. The third-order valence-corrected chi connectivity index (χ3v) is 3.08. The van der Waals surface area contributed by atoms with Gasteiger partial charge >= 0.3 is 5.97 Å². The molecule has 0 fully saturated rings. The Morgan fingerprint density at radius 1 is 0.958 bits per heavy atom. The van der Waals surface area contributed by atoms with Gasteiger partial charge in [0.1, 0.15) is 17.2 Å². The molecule has 0 atom stereocenters. The van der Waals surface area contributed by atoms with Crippen molar-refractivity contribution in [3.05, 3.63) is 53.6 Å². The van der Waals surface area contributed by atoms with Crippen LogP contribution < -0.4 is 14.8 Å². The molecule has 2 rings (SSSR count). The number of ether oxygens (including phenoxy) is 2. The SMILES string of the molecule is CNC(=O)c1ccc(Oc2cc(OC(C)C)cc(C(=O)O)c2)cc1. The Bertz CT molecular complexity index is 738. The van der Waals surface area contributed by atoms with Gasteiger partial charge in [-0.3, -0.25) is 4.79 Å². The first-order valence-electron chi connectivity index (χ1n) is 7.44. The largest absolute Gasteiger partial charge is 0.491 e. The van der Waals surface area contributed by atoms with Crippen LogP contribution in [-0.2, 0) is 0 Å². The fourth-order valence-electron chi connectivity index (χ4n) is 2.05. The van der Waals surface area contributed by atoms with Crippen molar-refractivity contribution in [1.82, 2.24) is 5.32 Å². The third kappa shape index (κ3) is 4.49. The lowest BCUT2D eigenvalue weighted by Gasteiger charge is -2.13. The van der Waals surface area contributed by atoms with E-state index < -0.39 is 5.97 Å². The maximum absolute atomic E-state index is 11.5. The molecule has 0 bridgehead atoms. The molecular weight excluding hydrogens is 310 g/mol. The molecule has 0 spiro atoms. The molecular formula is C18H19NO5. The normalized spacial score (nSPS) is 10.3. The molecule has 0 aromatic heterocycles. The molecule has 0 aliphatic heterocycles. The number of hydrogen-bond acceptors (Lipinski definition) is 4. The smallest absolute Gasteiger partial charge is 0.335 e. The summed E-state index contributed by atoms with van der Waals surface area (Å²) in [6, 6.07) is 11.0. The molecule has 0 radical (unpaired) electrons. The second kappa shape index (κ2) is 7.50. The van der Waals surface area contributed by atoms with E-state index in [-0.39, 0.29) is 17.6 Å². The molecule has 2 aromatic rings. The molecule has 0 unspecified atom stereocenters. The number of carbonyl (C=O) groups is 2. The van der Waals surface area contributed by atoms with Gasteiger partial charge in [0.15, 0.2) is 0 Å². The number of benzene rings is 2. The van der Waals surface area contributed by atoms with Gasteiger partial charge in [-0.1, -0.05) is 0 Å². The Morgan fingerprint density at radius 2 is 1.58 bits per heavy atom. The minimum atomic E-state index is -1.07. The van der Waals surface area contributed by atoms with E-state index in [0.717, 1.165) is 0 Å². The van der Waals surface area contributed by atoms with Crippen LogP contribution in [0.4, 0.5) is 0 Å². The molecule has 2 N–H and O–H groups in total. The second-order valence-corrected chi connectivity index (χ2v) is 5.37. The van der Waals surface area contributed by atoms with Gasteiger partial charge in [0.2, 0.25) is 0 Å². The number of carboxylic acids is 1. The molecule has 0 heterocycles. The van der Waals surface area contributed by atoms with Crippen LogP contribution in [0.3, 0.4) is 0 Å². The summed E-state index contributed by atoms with van der Waals surface area (Å²) in [6.07, 6.45) is -0.0891. The van der Waals surface area contributed by atoms with E-state index in [0.29, 0.717) is 22.8 Å². The predicted octanol–water partition coefficient (Wildman–Crippen LogP) is 3.32. The predicted molar refractivity (Wildman–Crippen MR) is 89.1 cm³/mol. The first-order valence-corrected chi connectivity index (χ1v) is 7.44. The zero-order valence-corrected chi connectivity index (χ0v) is 13.7. The number of rotatable bonds is 6. The molecule has 6 nitrogen and oxygen atoms in total. The zero-order valence-electron chi connectivity index (χ0n) is 13.7. The number of carbonyl (C=O) groups excluding carboxylic acids is 1. The second-order valence-electron chi connectivity index (χ2n) is 5.37. The van der Waals surface area contributed by atoms with Gasteiger partial charge in [0.25, 0.3) is 5.91 Å². The van der Waals surface area contributed by atoms with Crippen molar-refractivity contribution in [2.45, 2.75) is 20.0 Å². The summed E-state index contributed by atoms with van der Waals surface area (Å²) in [7, 11) is 1.56. The lowest BCUT2D eigenvalue weighted by molar-refractivity contribution is 0.0695. The number of nitrogens with one attached hydrogen (secondary N) is 1. The summed E-state index contributed by atoms with van der Waals surface area (Å²) in [5.41, 5.74) is 0.582. The van der Waals surface area contributed by atoms with Crippen LogP contribution in [0.5, 0.6) is 17.2 Å². The highest BCUT2D eigenvalue weighted by molar-refractivity contribution is 5.94. The van der Waals surface area contributed by atoms with Gasteiger partial charge in [0, 0.05) is 18.7 Å². The maximum Gasteiger partial charge on any atom is 0.335 e. The van der Waals surface area contributed by atoms with E-state index in [9.17, 15) is 14.7 Å². The zero-order chi connectivity index (χ0) is 17.7. The van der Waals surface area contributed by atoms with Gasteiger partial charge in [-0.2, -0.15) is 0 Å². The Balaban J connectivity index is 2.26. The molecule has 6 heteroatoms. The van der Waals surface area contributed by atoms with Crippen molar-refractivity contribution in [1.29, 1.82) is 0 Å². The fraction of sp³-hybridized carbons (Fsp3) is 0.222. The van der Waals surface area contributed by atoms with Gasteiger partial charge in [-0.05, 0) is 50.2 Å². The fourth-order valence-corrected chi connectivity index (χ4v) is 2.05.